The lowest BCUT2D eigenvalue weighted by atomic mass is 9.35. The highest BCUT2D eigenvalue weighted by molar-refractivity contribution is 5.96. The summed E-state index contributed by atoms with van der Waals surface area (Å²) < 4.78 is 30.1. The number of cyclic esters (lactones) is 1. The number of fused-ring (bicyclic) bond motifs is 3. The largest absolute Gasteiger partial charge is 0.472 e. The van der Waals surface area contributed by atoms with Gasteiger partial charge in [-0.25, -0.2) is 4.79 Å². The molecule has 5 aliphatic rings. The van der Waals surface area contributed by atoms with E-state index in [1.165, 1.54) is 26.4 Å². The third-order valence-electron chi connectivity index (χ3n) is 11.2. The summed E-state index contributed by atoms with van der Waals surface area (Å²) in [5.41, 5.74) is -3.71. The molecule has 0 amide bonds. The van der Waals surface area contributed by atoms with Crippen LogP contribution in [0.4, 0.5) is 0 Å². The molecule has 1 aromatic rings. The molecule has 2 saturated heterocycles. The normalized spacial score (nSPS) is 47.1. The van der Waals surface area contributed by atoms with Crippen LogP contribution in [-0.2, 0) is 38.1 Å². The lowest BCUT2D eigenvalue weighted by Crippen LogP contribution is -2.76. The molecule has 3 aliphatic carbocycles. The SMILES string of the molecule is CC(=O)O[C@H]1C[C@@H]2[C@@]3(C)C=CC(=O)C(C)(C)[C@H]3C[C@@H](OC(C)=O)[C@@]2(C)[C@@]23O[C@H]2C(=O)O[C@@H](c2ccoc2)[C@]13C. The Labute approximate surface area is 227 Å². The minimum Gasteiger partial charge on any atom is -0.472 e. The van der Waals surface area contributed by atoms with Gasteiger partial charge in [0, 0.05) is 30.2 Å². The first-order valence-electron chi connectivity index (χ1n) is 13.6. The molecular formula is C30H36O9. The summed E-state index contributed by atoms with van der Waals surface area (Å²) >= 11 is 0. The van der Waals surface area contributed by atoms with E-state index in [0.717, 1.165) is 0 Å². The molecule has 0 N–H and O–H groups in total. The van der Waals surface area contributed by atoms with Gasteiger partial charge in [0.05, 0.1) is 17.9 Å². The Morgan fingerprint density at radius 3 is 2.10 bits per heavy atom. The van der Waals surface area contributed by atoms with E-state index >= 15 is 0 Å². The Balaban J connectivity index is 1.62. The van der Waals surface area contributed by atoms with Crippen molar-refractivity contribution in [3.05, 3.63) is 36.3 Å². The number of hydrogen-bond acceptors (Lipinski definition) is 9. The van der Waals surface area contributed by atoms with E-state index in [1.54, 1.807) is 12.1 Å². The fourth-order valence-electron chi connectivity index (χ4n) is 9.48. The number of hydrogen-bond donors (Lipinski definition) is 0. The molecule has 0 radical (unpaired) electrons. The molecule has 2 aliphatic heterocycles. The first-order valence-corrected chi connectivity index (χ1v) is 13.6. The third-order valence-corrected chi connectivity index (χ3v) is 11.2. The molecule has 3 heterocycles. The van der Waals surface area contributed by atoms with Crippen molar-refractivity contribution in [3.63, 3.8) is 0 Å². The first kappa shape index (κ1) is 26.3. The maximum atomic E-state index is 13.5. The zero-order valence-electron chi connectivity index (χ0n) is 23.4. The topological polar surface area (TPSA) is 122 Å². The highest BCUT2D eigenvalue weighted by Crippen LogP contribution is 2.80. The molecule has 9 nitrogen and oxygen atoms in total. The van der Waals surface area contributed by atoms with Crippen LogP contribution in [0.2, 0.25) is 0 Å². The molecule has 0 unspecified atom stereocenters. The molecule has 2 saturated carbocycles. The van der Waals surface area contributed by atoms with Gasteiger partial charge in [0.15, 0.2) is 11.9 Å². The van der Waals surface area contributed by atoms with E-state index in [9.17, 15) is 19.2 Å². The van der Waals surface area contributed by atoms with Gasteiger partial charge < -0.3 is 23.4 Å². The van der Waals surface area contributed by atoms with Crippen LogP contribution in [0.5, 0.6) is 0 Å². The Hall–Kier alpha value is -2.94. The minimum atomic E-state index is -1.17. The average Bonchev–Trinajstić information content (AvgIpc) is 3.41. The number of furan rings is 1. The van der Waals surface area contributed by atoms with Crippen molar-refractivity contribution in [3.8, 4) is 0 Å². The molecule has 6 rings (SSSR count). The van der Waals surface area contributed by atoms with Crippen molar-refractivity contribution in [2.24, 2.45) is 33.5 Å². The van der Waals surface area contributed by atoms with Crippen LogP contribution in [0, 0.1) is 33.5 Å². The predicted octanol–water partition coefficient (Wildman–Crippen LogP) is 4.10. The highest BCUT2D eigenvalue weighted by atomic mass is 16.7. The number of allylic oxidation sites excluding steroid dienone is 2. The zero-order chi connectivity index (χ0) is 28.3. The van der Waals surface area contributed by atoms with E-state index in [0.29, 0.717) is 18.4 Å². The molecule has 210 valence electrons. The van der Waals surface area contributed by atoms with Gasteiger partial charge in [0.25, 0.3) is 0 Å². The van der Waals surface area contributed by atoms with Crippen molar-refractivity contribution < 1.29 is 42.5 Å². The number of carbonyl (C=O) groups excluding carboxylic acids is 4. The molecule has 10 atom stereocenters. The van der Waals surface area contributed by atoms with E-state index < -0.39 is 69.6 Å². The van der Waals surface area contributed by atoms with Crippen molar-refractivity contribution in [1.29, 1.82) is 0 Å². The molecule has 1 aromatic heterocycles. The molecule has 0 bridgehead atoms. The van der Waals surface area contributed by atoms with Gasteiger partial charge >= 0.3 is 17.9 Å². The second-order valence-electron chi connectivity index (χ2n) is 13.2. The summed E-state index contributed by atoms with van der Waals surface area (Å²) in [5.74, 6) is -1.82. The van der Waals surface area contributed by atoms with Crippen molar-refractivity contribution in [1.82, 2.24) is 0 Å². The van der Waals surface area contributed by atoms with Crippen LogP contribution in [0.15, 0.2) is 35.2 Å². The van der Waals surface area contributed by atoms with Crippen molar-refractivity contribution in [2.75, 3.05) is 0 Å². The quantitative estimate of drug-likeness (QED) is 0.317. The Kier molecular flexibility index (Phi) is 5.28. The summed E-state index contributed by atoms with van der Waals surface area (Å²) in [7, 11) is 0. The van der Waals surface area contributed by atoms with E-state index in [1.807, 2.05) is 33.8 Å². The standard InChI is InChI=1S/C30H36O9/c1-15(31)36-21-12-18-26(3,4)20(33)8-10-27(18,5)19-13-22(37-16(2)32)29(7)23(17-9-11-35-14-17)38-25(34)24-30(29,39-24)28(19,21)6/h8-11,14,18-19,21-24H,12-13H2,1-7H3/t18-,19-,21-,22+,23+,24+,27+,28+,29+,30+/m1/s1. The summed E-state index contributed by atoms with van der Waals surface area (Å²) in [6.07, 6.45) is 4.39. The van der Waals surface area contributed by atoms with E-state index in [2.05, 4.69) is 6.92 Å². The first-order chi connectivity index (χ1) is 18.2. The molecule has 1 spiro atoms. The van der Waals surface area contributed by atoms with Crippen LogP contribution in [-0.4, -0.2) is 47.6 Å². The fraction of sp³-hybridized carbons (Fsp3) is 0.667. The third kappa shape index (κ3) is 3.00. The number of ketones is 1. The van der Waals surface area contributed by atoms with Gasteiger partial charge in [-0.3, -0.25) is 14.4 Å². The van der Waals surface area contributed by atoms with Gasteiger partial charge in [-0.15, -0.1) is 0 Å². The fourth-order valence-corrected chi connectivity index (χ4v) is 9.48. The highest BCUT2D eigenvalue weighted by Gasteiger charge is 2.90. The van der Waals surface area contributed by atoms with Gasteiger partial charge in [-0.2, -0.15) is 0 Å². The van der Waals surface area contributed by atoms with Gasteiger partial charge in [0.1, 0.15) is 23.9 Å². The summed E-state index contributed by atoms with van der Waals surface area (Å²) in [4.78, 5) is 51.7. The van der Waals surface area contributed by atoms with Gasteiger partial charge in [0.2, 0.25) is 0 Å². The van der Waals surface area contributed by atoms with Crippen LogP contribution in [0.3, 0.4) is 0 Å². The Morgan fingerprint density at radius 1 is 0.897 bits per heavy atom. The van der Waals surface area contributed by atoms with Gasteiger partial charge in [-0.05, 0) is 49.2 Å². The van der Waals surface area contributed by atoms with Crippen LogP contribution in [0.1, 0.15) is 73.0 Å². The molecule has 0 aromatic carbocycles. The van der Waals surface area contributed by atoms with Crippen LogP contribution < -0.4 is 0 Å². The van der Waals surface area contributed by atoms with Gasteiger partial charge in [-0.1, -0.05) is 33.8 Å². The maximum absolute atomic E-state index is 13.5. The summed E-state index contributed by atoms with van der Waals surface area (Å²) in [6, 6.07) is 1.73. The molecule has 4 fully saturated rings. The number of epoxide rings is 1. The Morgan fingerprint density at radius 2 is 1.51 bits per heavy atom. The summed E-state index contributed by atoms with van der Waals surface area (Å²) in [6.45, 7) is 12.7. The number of ether oxygens (including phenoxy) is 4. The average molecular weight is 541 g/mol. The van der Waals surface area contributed by atoms with Crippen molar-refractivity contribution >= 4 is 23.7 Å². The zero-order valence-corrected chi connectivity index (χ0v) is 23.4. The number of rotatable bonds is 3. The van der Waals surface area contributed by atoms with E-state index in [4.69, 9.17) is 23.4 Å². The lowest BCUT2D eigenvalue weighted by Gasteiger charge is -2.69. The van der Waals surface area contributed by atoms with E-state index in [-0.39, 0.29) is 17.6 Å². The second-order valence-corrected chi connectivity index (χ2v) is 13.2. The smallest absolute Gasteiger partial charge is 0.339 e. The summed E-state index contributed by atoms with van der Waals surface area (Å²) in [5, 5.41) is 0. The molecular weight excluding hydrogens is 504 g/mol. The maximum Gasteiger partial charge on any atom is 0.339 e. The predicted molar refractivity (Wildman–Crippen MR) is 135 cm³/mol. The Bertz CT molecular complexity index is 1300. The molecule has 39 heavy (non-hydrogen) atoms. The number of esters is 3. The molecule has 9 heteroatoms. The second kappa shape index (κ2) is 7.83. The van der Waals surface area contributed by atoms with Crippen LogP contribution >= 0.6 is 0 Å². The lowest BCUT2D eigenvalue weighted by molar-refractivity contribution is -0.280. The van der Waals surface area contributed by atoms with Crippen molar-refractivity contribution in [2.45, 2.75) is 91.3 Å². The minimum absolute atomic E-state index is 0.0207. The number of carbonyl (C=O) groups is 4. The van der Waals surface area contributed by atoms with Crippen LogP contribution in [0.25, 0.3) is 0 Å². The monoisotopic (exact) mass is 540 g/mol.